The lowest BCUT2D eigenvalue weighted by Crippen LogP contribution is -2.30. The average Bonchev–Trinajstić information content (AvgIpc) is 2.93. The fraction of sp³-hybridized carbons (Fsp3) is 0.692. The summed E-state index contributed by atoms with van der Waals surface area (Å²) in [6, 6.07) is 3.46. The Labute approximate surface area is 107 Å². The molecule has 5 heteroatoms. The third-order valence-corrected chi connectivity index (χ3v) is 4.30. The van der Waals surface area contributed by atoms with Gasteiger partial charge in [-0.25, -0.2) is 0 Å². The molecule has 3 fully saturated rings. The van der Waals surface area contributed by atoms with Gasteiger partial charge in [0.15, 0.2) is 5.82 Å². The Balaban J connectivity index is 1.50. The molecule has 0 radical (unpaired) electrons. The van der Waals surface area contributed by atoms with Gasteiger partial charge in [0.25, 0.3) is 0 Å². The van der Waals surface area contributed by atoms with Crippen LogP contribution < -0.4 is 15.5 Å². The summed E-state index contributed by atoms with van der Waals surface area (Å²) in [7, 11) is 0. The van der Waals surface area contributed by atoms with Crippen LogP contribution in [-0.4, -0.2) is 41.9 Å². The minimum absolute atomic E-state index is 0.633. The minimum Gasteiger partial charge on any atom is -0.368 e. The molecule has 1 saturated carbocycles. The standard InChI is InChI=1S/C13H19N5/c1-2-10(1)16-13-5-11(6-15-17-13)18-7-9-3-4-14-12(9)8-18/h5-6,9-10,12,14H,1-4,7-8H2,(H,16,17)/t9-,12+/m1/s1. The summed E-state index contributed by atoms with van der Waals surface area (Å²) in [5.41, 5.74) is 1.21. The molecule has 2 saturated heterocycles. The molecule has 0 amide bonds. The number of nitrogens with zero attached hydrogens (tertiary/aromatic N) is 3. The lowest BCUT2D eigenvalue weighted by Gasteiger charge is -2.19. The van der Waals surface area contributed by atoms with Crippen LogP contribution >= 0.6 is 0 Å². The maximum Gasteiger partial charge on any atom is 0.150 e. The summed E-state index contributed by atoms with van der Waals surface area (Å²) >= 11 is 0. The van der Waals surface area contributed by atoms with Crippen LogP contribution in [0.1, 0.15) is 19.3 Å². The molecule has 0 unspecified atom stereocenters. The normalized spacial score (nSPS) is 30.6. The maximum absolute atomic E-state index is 4.16. The Morgan fingerprint density at radius 2 is 2.22 bits per heavy atom. The van der Waals surface area contributed by atoms with Crippen LogP contribution in [0.15, 0.2) is 12.3 Å². The van der Waals surface area contributed by atoms with E-state index in [0.29, 0.717) is 12.1 Å². The molecule has 2 aliphatic heterocycles. The summed E-state index contributed by atoms with van der Waals surface area (Å²) < 4.78 is 0. The molecule has 3 heterocycles. The van der Waals surface area contributed by atoms with Crippen molar-refractivity contribution in [3.63, 3.8) is 0 Å². The fourth-order valence-corrected chi connectivity index (χ4v) is 3.10. The van der Waals surface area contributed by atoms with Gasteiger partial charge in [0.1, 0.15) is 0 Å². The SMILES string of the molecule is c1nnc(NC2CC2)cc1N1C[C@H]2CCN[C@H]2C1. The molecule has 4 rings (SSSR count). The van der Waals surface area contributed by atoms with E-state index in [9.17, 15) is 0 Å². The highest BCUT2D eigenvalue weighted by Gasteiger charge is 2.36. The third kappa shape index (κ3) is 1.92. The number of hydrogen-bond acceptors (Lipinski definition) is 5. The first-order valence-corrected chi connectivity index (χ1v) is 6.96. The van der Waals surface area contributed by atoms with E-state index in [0.717, 1.165) is 24.8 Å². The molecule has 1 aliphatic carbocycles. The van der Waals surface area contributed by atoms with Crippen LogP contribution in [0.25, 0.3) is 0 Å². The molecule has 2 N–H and O–H groups in total. The quantitative estimate of drug-likeness (QED) is 0.827. The minimum atomic E-state index is 0.633. The highest BCUT2D eigenvalue weighted by molar-refractivity contribution is 5.53. The summed E-state index contributed by atoms with van der Waals surface area (Å²) in [6.07, 6.45) is 5.74. The van der Waals surface area contributed by atoms with E-state index in [1.807, 2.05) is 6.20 Å². The molecule has 1 aromatic rings. The van der Waals surface area contributed by atoms with E-state index in [1.165, 1.54) is 31.5 Å². The van der Waals surface area contributed by atoms with Crippen LogP contribution in [0.2, 0.25) is 0 Å². The van der Waals surface area contributed by atoms with Crippen molar-refractivity contribution in [1.29, 1.82) is 0 Å². The van der Waals surface area contributed by atoms with E-state index in [4.69, 9.17) is 0 Å². The lowest BCUT2D eigenvalue weighted by atomic mass is 10.1. The van der Waals surface area contributed by atoms with Crippen molar-refractivity contribution in [2.75, 3.05) is 29.9 Å². The molecule has 0 spiro atoms. The van der Waals surface area contributed by atoms with Crippen LogP contribution in [-0.2, 0) is 0 Å². The van der Waals surface area contributed by atoms with Crippen molar-refractivity contribution in [2.45, 2.75) is 31.3 Å². The van der Waals surface area contributed by atoms with Crippen molar-refractivity contribution in [2.24, 2.45) is 5.92 Å². The van der Waals surface area contributed by atoms with Gasteiger partial charge in [-0.3, -0.25) is 0 Å². The first kappa shape index (κ1) is 10.6. The van der Waals surface area contributed by atoms with Gasteiger partial charge in [0, 0.05) is 31.2 Å². The fourth-order valence-electron chi connectivity index (χ4n) is 3.10. The van der Waals surface area contributed by atoms with Crippen molar-refractivity contribution < 1.29 is 0 Å². The maximum atomic E-state index is 4.16. The Bertz CT molecular complexity index is 433. The molecule has 5 nitrogen and oxygen atoms in total. The number of fused-ring (bicyclic) bond motifs is 1. The topological polar surface area (TPSA) is 53.1 Å². The number of rotatable bonds is 3. The Hall–Kier alpha value is -1.36. The molecule has 2 atom stereocenters. The summed E-state index contributed by atoms with van der Waals surface area (Å²) in [6.45, 7) is 3.46. The highest BCUT2D eigenvalue weighted by atomic mass is 15.2. The predicted molar refractivity (Wildman–Crippen MR) is 70.8 cm³/mol. The van der Waals surface area contributed by atoms with Crippen molar-refractivity contribution >= 4 is 11.5 Å². The zero-order valence-corrected chi connectivity index (χ0v) is 10.5. The summed E-state index contributed by atoms with van der Waals surface area (Å²) in [5, 5.41) is 15.3. The molecule has 0 bridgehead atoms. The van der Waals surface area contributed by atoms with Gasteiger partial charge >= 0.3 is 0 Å². The van der Waals surface area contributed by atoms with Crippen LogP contribution in [0.4, 0.5) is 11.5 Å². The summed E-state index contributed by atoms with van der Waals surface area (Å²) in [4.78, 5) is 2.44. The van der Waals surface area contributed by atoms with E-state index in [2.05, 4.69) is 31.8 Å². The first-order chi connectivity index (χ1) is 8.88. The molecule has 1 aromatic heterocycles. The molecule has 0 aromatic carbocycles. The monoisotopic (exact) mass is 245 g/mol. The second-order valence-corrected chi connectivity index (χ2v) is 5.73. The van der Waals surface area contributed by atoms with Crippen LogP contribution in [0, 0.1) is 5.92 Å². The van der Waals surface area contributed by atoms with E-state index in [1.54, 1.807) is 0 Å². The Morgan fingerprint density at radius 1 is 1.28 bits per heavy atom. The number of hydrogen-bond donors (Lipinski definition) is 2. The molecular formula is C13H19N5. The number of anilines is 2. The molecular weight excluding hydrogens is 226 g/mol. The largest absolute Gasteiger partial charge is 0.368 e. The van der Waals surface area contributed by atoms with E-state index >= 15 is 0 Å². The van der Waals surface area contributed by atoms with Crippen LogP contribution in [0.5, 0.6) is 0 Å². The Morgan fingerprint density at radius 3 is 3.06 bits per heavy atom. The van der Waals surface area contributed by atoms with Gasteiger partial charge in [0.2, 0.25) is 0 Å². The zero-order valence-electron chi connectivity index (χ0n) is 10.5. The van der Waals surface area contributed by atoms with Gasteiger partial charge in [-0.2, -0.15) is 5.10 Å². The second-order valence-electron chi connectivity index (χ2n) is 5.73. The van der Waals surface area contributed by atoms with E-state index < -0.39 is 0 Å². The summed E-state index contributed by atoms with van der Waals surface area (Å²) in [5.74, 6) is 1.75. The van der Waals surface area contributed by atoms with E-state index in [-0.39, 0.29) is 0 Å². The first-order valence-electron chi connectivity index (χ1n) is 6.96. The van der Waals surface area contributed by atoms with Gasteiger partial charge < -0.3 is 15.5 Å². The highest BCUT2D eigenvalue weighted by Crippen LogP contribution is 2.30. The van der Waals surface area contributed by atoms with Gasteiger partial charge in [-0.05, 0) is 31.7 Å². The zero-order chi connectivity index (χ0) is 11.9. The lowest BCUT2D eigenvalue weighted by molar-refractivity contribution is 0.556. The molecule has 18 heavy (non-hydrogen) atoms. The third-order valence-electron chi connectivity index (χ3n) is 4.30. The molecule has 96 valence electrons. The second kappa shape index (κ2) is 4.09. The smallest absolute Gasteiger partial charge is 0.150 e. The van der Waals surface area contributed by atoms with Gasteiger partial charge in [-0.15, -0.1) is 5.10 Å². The van der Waals surface area contributed by atoms with Crippen molar-refractivity contribution in [1.82, 2.24) is 15.5 Å². The van der Waals surface area contributed by atoms with Crippen molar-refractivity contribution in [3.8, 4) is 0 Å². The Kier molecular flexibility index (Phi) is 2.40. The van der Waals surface area contributed by atoms with Crippen molar-refractivity contribution in [3.05, 3.63) is 12.3 Å². The number of nitrogens with one attached hydrogen (secondary N) is 2. The van der Waals surface area contributed by atoms with Gasteiger partial charge in [0.05, 0.1) is 11.9 Å². The van der Waals surface area contributed by atoms with Gasteiger partial charge in [-0.1, -0.05) is 0 Å². The average molecular weight is 245 g/mol. The van der Waals surface area contributed by atoms with Crippen LogP contribution in [0.3, 0.4) is 0 Å². The predicted octanol–water partition coefficient (Wildman–Crippen LogP) is 0.849. The number of aromatic nitrogens is 2. The molecule has 3 aliphatic rings.